The molecule has 1 aliphatic carbocycles. The van der Waals surface area contributed by atoms with Gasteiger partial charge in [0.25, 0.3) is 5.56 Å². The Morgan fingerprint density at radius 3 is 2.85 bits per heavy atom. The predicted molar refractivity (Wildman–Crippen MR) is 103 cm³/mol. The van der Waals surface area contributed by atoms with Crippen LogP contribution in [0.15, 0.2) is 53.6 Å². The third kappa shape index (κ3) is 2.54. The van der Waals surface area contributed by atoms with Gasteiger partial charge in [0.2, 0.25) is 5.95 Å². The van der Waals surface area contributed by atoms with Gasteiger partial charge in [-0.05, 0) is 43.2 Å². The summed E-state index contributed by atoms with van der Waals surface area (Å²) in [5.74, 6) is 0.504. The largest absolute Gasteiger partial charge is 0.361 e. The Kier molecular flexibility index (Phi) is 3.48. The normalized spacial score (nSPS) is 15.1. The lowest BCUT2D eigenvalue weighted by atomic mass is 10.2. The molecule has 130 valence electrons. The molecule has 2 N–H and O–H groups in total. The van der Waals surface area contributed by atoms with Gasteiger partial charge >= 0.3 is 0 Å². The van der Waals surface area contributed by atoms with Crippen LogP contribution >= 0.6 is 0 Å². The maximum absolute atomic E-state index is 12.5. The number of H-pyrrole nitrogens is 1. The topological polar surface area (TPSA) is 75.6 Å². The van der Waals surface area contributed by atoms with Crippen LogP contribution in [0, 0.1) is 0 Å². The first-order chi connectivity index (χ1) is 12.8. The number of hydrogen-bond donors (Lipinski definition) is 2. The van der Waals surface area contributed by atoms with Crippen LogP contribution in [0.5, 0.6) is 0 Å². The number of anilines is 2. The Balaban J connectivity index is 1.57. The molecule has 0 atom stereocenters. The quantitative estimate of drug-likeness (QED) is 0.585. The highest BCUT2D eigenvalue weighted by Crippen LogP contribution is 2.30. The molecular weight excluding hydrogens is 326 g/mol. The van der Waals surface area contributed by atoms with Crippen molar-refractivity contribution in [2.75, 3.05) is 5.32 Å². The lowest BCUT2D eigenvalue weighted by molar-refractivity contribution is 0.516. The fourth-order valence-electron chi connectivity index (χ4n) is 3.87. The van der Waals surface area contributed by atoms with Gasteiger partial charge in [-0.15, -0.1) is 0 Å². The van der Waals surface area contributed by atoms with Crippen molar-refractivity contribution in [1.29, 1.82) is 0 Å². The number of benzene rings is 1. The molecule has 6 heteroatoms. The van der Waals surface area contributed by atoms with Crippen LogP contribution in [-0.2, 0) is 0 Å². The lowest BCUT2D eigenvalue weighted by Gasteiger charge is -2.16. The number of nitrogens with one attached hydrogen (secondary N) is 2. The van der Waals surface area contributed by atoms with E-state index in [1.54, 1.807) is 18.3 Å². The number of hydrogen-bond acceptors (Lipinski definition) is 4. The van der Waals surface area contributed by atoms with Crippen molar-refractivity contribution in [3.63, 3.8) is 0 Å². The Labute approximate surface area is 149 Å². The summed E-state index contributed by atoms with van der Waals surface area (Å²) in [7, 11) is 0. The molecule has 3 heterocycles. The second-order valence-corrected chi connectivity index (χ2v) is 6.86. The van der Waals surface area contributed by atoms with Crippen molar-refractivity contribution < 1.29 is 0 Å². The minimum absolute atomic E-state index is 0.0165. The maximum Gasteiger partial charge on any atom is 0.252 e. The highest BCUT2D eigenvalue weighted by molar-refractivity contribution is 5.84. The van der Waals surface area contributed by atoms with E-state index in [9.17, 15) is 4.79 Å². The van der Waals surface area contributed by atoms with Gasteiger partial charge in [-0.3, -0.25) is 9.36 Å². The number of pyridine rings is 1. The van der Waals surface area contributed by atoms with Gasteiger partial charge < -0.3 is 10.3 Å². The summed E-state index contributed by atoms with van der Waals surface area (Å²) in [5, 5.41) is 5.28. The number of nitrogens with zero attached hydrogens (tertiary/aromatic N) is 3. The van der Waals surface area contributed by atoms with Crippen LogP contribution in [0.4, 0.5) is 11.6 Å². The molecule has 0 unspecified atom stereocenters. The molecule has 0 spiro atoms. The summed E-state index contributed by atoms with van der Waals surface area (Å²) in [6, 6.07) is 11.8. The highest BCUT2D eigenvalue weighted by Gasteiger charge is 2.20. The molecule has 1 saturated carbocycles. The van der Waals surface area contributed by atoms with Gasteiger partial charge in [-0.2, -0.15) is 4.98 Å². The first-order valence-corrected chi connectivity index (χ1v) is 9.00. The number of aromatic amines is 1. The zero-order valence-corrected chi connectivity index (χ0v) is 14.3. The summed E-state index contributed by atoms with van der Waals surface area (Å²) in [6.07, 6.45) is 8.11. The molecule has 0 aliphatic heterocycles. The van der Waals surface area contributed by atoms with E-state index in [4.69, 9.17) is 0 Å². The maximum atomic E-state index is 12.5. The van der Waals surface area contributed by atoms with Crippen molar-refractivity contribution in [1.82, 2.24) is 19.5 Å². The van der Waals surface area contributed by atoms with Crippen molar-refractivity contribution >= 4 is 33.6 Å². The van der Waals surface area contributed by atoms with Crippen molar-refractivity contribution in [3.8, 4) is 0 Å². The first-order valence-electron chi connectivity index (χ1n) is 9.00. The van der Waals surface area contributed by atoms with Gasteiger partial charge in [0.15, 0.2) is 0 Å². The minimum atomic E-state index is 0.0165. The number of fused-ring (bicyclic) bond motifs is 2. The summed E-state index contributed by atoms with van der Waals surface area (Å²) in [5.41, 5.74) is 2.74. The Morgan fingerprint density at radius 2 is 1.96 bits per heavy atom. The van der Waals surface area contributed by atoms with Crippen LogP contribution in [0.2, 0.25) is 0 Å². The van der Waals surface area contributed by atoms with E-state index in [1.807, 2.05) is 29.0 Å². The average Bonchev–Trinajstić information content (AvgIpc) is 3.32. The molecule has 5 rings (SSSR count). The van der Waals surface area contributed by atoms with Gasteiger partial charge in [0.1, 0.15) is 5.65 Å². The zero-order valence-electron chi connectivity index (χ0n) is 14.3. The smallest absolute Gasteiger partial charge is 0.252 e. The van der Waals surface area contributed by atoms with E-state index >= 15 is 0 Å². The Morgan fingerprint density at radius 1 is 1.08 bits per heavy atom. The van der Waals surface area contributed by atoms with Crippen LogP contribution in [-0.4, -0.2) is 19.5 Å². The predicted octanol–water partition coefficient (Wildman–Crippen LogP) is 4.13. The molecule has 0 radical (unpaired) electrons. The molecule has 3 aromatic heterocycles. The van der Waals surface area contributed by atoms with Gasteiger partial charge in [-0.25, -0.2) is 4.98 Å². The molecule has 26 heavy (non-hydrogen) atoms. The average molecular weight is 345 g/mol. The first kappa shape index (κ1) is 15.1. The lowest BCUT2D eigenvalue weighted by Crippen LogP contribution is -2.23. The van der Waals surface area contributed by atoms with Gasteiger partial charge in [-0.1, -0.05) is 12.8 Å². The van der Waals surface area contributed by atoms with E-state index in [0.29, 0.717) is 11.6 Å². The van der Waals surface area contributed by atoms with Crippen molar-refractivity contribution in [2.24, 2.45) is 0 Å². The summed E-state index contributed by atoms with van der Waals surface area (Å²) in [6.45, 7) is 0. The van der Waals surface area contributed by atoms with E-state index < -0.39 is 0 Å². The third-order valence-corrected chi connectivity index (χ3v) is 5.17. The van der Waals surface area contributed by atoms with Crippen LogP contribution in [0.3, 0.4) is 0 Å². The second kappa shape index (κ2) is 5.98. The molecule has 4 aromatic rings. The second-order valence-electron chi connectivity index (χ2n) is 6.86. The minimum Gasteiger partial charge on any atom is -0.361 e. The van der Waals surface area contributed by atoms with Crippen molar-refractivity contribution in [3.05, 3.63) is 59.1 Å². The molecule has 0 bridgehead atoms. The molecule has 0 amide bonds. The van der Waals surface area contributed by atoms with E-state index in [0.717, 1.165) is 34.8 Å². The zero-order chi connectivity index (χ0) is 17.5. The van der Waals surface area contributed by atoms with Gasteiger partial charge in [0.05, 0.1) is 0 Å². The van der Waals surface area contributed by atoms with Crippen LogP contribution < -0.4 is 10.9 Å². The van der Waals surface area contributed by atoms with E-state index in [2.05, 4.69) is 26.3 Å². The summed E-state index contributed by atoms with van der Waals surface area (Å²) >= 11 is 0. The standard InChI is InChI=1S/C20H19N5O/c26-18-8-5-14-12-22-20(24-19(14)25(18)16-3-1-2-4-16)23-15-6-7-17-13(11-15)9-10-21-17/h5-12,16,21H,1-4H2,(H,22,23,24). The Bertz CT molecular complexity index is 1150. The third-order valence-electron chi connectivity index (χ3n) is 5.17. The fraction of sp³-hybridized carbons (Fsp3) is 0.250. The fourth-order valence-corrected chi connectivity index (χ4v) is 3.87. The van der Waals surface area contributed by atoms with Crippen LogP contribution in [0.1, 0.15) is 31.7 Å². The number of rotatable bonds is 3. The monoisotopic (exact) mass is 345 g/mol. The molecule has 0 saturated heterocycles. The van der Waals surface area contributed by atoms with Crippen molar-refractivity contribution in [2.45, 2.75) is 31.7 Å². The molecule has 1 aromatic carbocycles. The summed E-state index contributed by atoms with van der Waals surface area (Å²) < 4.78 is 1.85. The molecule has 6 nitrogen and oxygen atoms in total. The SMILES string of the molecule is O=c1ccc2cnc(Nc3ccc4[nH]ccc4c3)nc2n1C1CCCC1. The highest BCUT2D eigenvalue weighted by atomic mass is 16.1. The molecule has 1 fully saturated rings. The van der Waals surface area contributed by atoms with E-state index in [-0.39, 0.29) is 11.6 Å². The van der Waals surface area contributed by atoms with Crippen LogP contribution in [0.25, 0.3) is 21.9 Å². The molecule has 1 aliphatic rings. The van der Waals surface area contributed by atoms with Gasteiger partial charge in [0, 0.05) is 46.5 Å². The van der Waals surface area contributed by atoms with E-state index in [1.165, 1.54) is 12.8 Å². The molecular formula is C20H19N5O. The summed E-state index contributed by atoms with van der Waals surface area (Å²) in [4.78, 5) is 24.8. The number of aromatic nitrogens is 4. The Hall–Kier alpha value is -3.15.